The molecule has 0 bridgehead atoms. The van der Waals surface area contributed by atoms with Crippen molar-refractivity contribution in [2.24, 2.45) is 13.0 Å². The Labute approximate surface area is 207 Å². The SMILES string of the molecule is CC[C@@H](NC(=O)N1C(=O)[C@H](Cc2ccnc(N)c2)[C@H]1C(=O)N(C)c1nccn1C)c1cccc(F)c1. The molecule has 11 heteroatoms. The van der Waals surface area contributed by atoms with Gasteiger partial charge in [0.05, 0.1) is 12.0 Å². The number of nitrogens with zero attached hydrogens (tertiary/aromatic N) is 5. The van der Waals surface area contributed by atoms with Gasteiger partial charge in [-0.05, 0) is 48.2 Å². The van der Waals surface area contributed by atoms with E-state index >= 15 is 0 Å². The number of amides is 4. The molecule has 0 aliphatic carbocycles. The van der Waals surface area contributed by atoms with Crippen LogP contribution >= 0.6 is 0 Å². The molecule has 1 aliphatic heterocycles. The number of benzene rings is 1. The molecule has 1 fully saturated rings. The van der Waals surface area contributed by atoms with Gasteiger partial charge >= 0.3 is 6.03 Å². The van der Waals surface area contributed by atoms with Gasteiger partial charge in [0.25, 0.3) is 5.91 Å². The number of likely N-dealkylation sites (N-methyl/N-ethyl adjacent to an activating group) is 1. The molecule has 4 amide bonds. The molecule has 4 rings (SSSR count). The Balaban J connectivity index is 1.61. The number of urea groups is 1. The third-order valence-electron chi connectivity index (χ3n) is 6.37. The minimum absolute atomic E-state index is 0.210. The number of nitrogens with two attached hydrogens (primary N) is 1. The van der Waals surface area contributed by atoms with Crippen LogP contribution in [0.1, 0.15) is 30.5 Å². The van der Waals surface area contributed by atoms with Crippen LogP contribution < -0.4 is 16.0 Å². The number of rotatable bonds is 7. The maximum Gasteiger partial charge on any atom is 0.325 e. The minimum atomic E-state index is -1.06. The monoisotopic (exact) mass is 493 g/mol. The number of hydrogen-bond acceptors (Lipinski definition) is 6. The molecule has 1 aliphatic rings. The lowest BCUT2D eigenvalue weighted by Gasteiger charge is -2.45. The Bertz CT molecular complexity index is 1290. The van der Waals surface area contributed by atoms with Crippen LogP contribution in [-0.4, -0.2) is 50.4 Å². The van der Waals surface area contributed by atoms with Crippen LogP contribution in [0.5, 0.6) is 0 Å². The van der Waals surface area contributed by atoms with Crippen LogP contribution in [0, 0.1) is 11.7 Å². The number of nitrogens with one attached hydrogen (secondary N) is 1. The zero-order chi connectivity index (χ0) is 26.0. The number of aryl methyl sites for hydroxylation is 1. The van der Waals surface area contributed by atoms with Crippen molar-refractivity contribution < 1.29 is 18.8 Å². The highest BCUT2D eigenvalue weighted by Gasteiger charge is 2.55. The minimum Gasteiger partial charge on any atom is -0.384 e. The van der Waals surface area contributed by atoms with E-state index in [4.69, 9.17) is 5.73 Å². The summed E-state index contributed by atoms with van der Waals surface area (Å²) in [5.41, 5.74) is 7.07. The zero-order valence-corrected chi connectivity index (χ0v) is 20.3. The van der Waals surface area contributed by atoms with E-state index in [2.05, 4.69) is 15.3 Å². The van der Waals surface area contributed by atoms with Crippen LogP contribution in [0.4, 0.5) is 21.0 Å². The maximum absolute atomic E-state index is 13.8. The van der Waals surface area contributed by atoms with Gasteiger partial charge in [0, 0.05) is 32.7 Å². The molecule has 1 aromatic carbocycles. The van der Waals surface area contributed by atoms with E-state index in [-0.39, 0.29) is 6.42 Å². The molecule has 3 N–H and O–H groups in total. The number of imidazole rings is 1. The average molecular weight is 494 g/mol. The van der Waals surface area contributed by atoms with Crippen molar-refractivity contribution in [1.82, 2.24) is 24.8 Å². The largest absolute Gasteiger partial charge is 0.384 e. The van der Waals surface area contributed by atoms with E-state index in [0.29, 0.717) is 23.8 Å². The summed E-state index contributed by atoms with van der Waals surface area (Å²) < 4.78 is 15.4. The molecule has 0 radical (unpaired) electrons. The van der Waals surface area contributed by atoms with Gasteiger partial charge in [-0.15, -0.1) is 0 Å². The number of halogens is 1. The normalized spacial score (nSPS) is 17.9. The molecule has 0 saturated carbocycles. The van der Waals surface area contributed by atoms with Gasteiger partial charge < -0.3 is 15.6 Å². The highest BCUT2D eigenvalue weighted by atomic mass is 19.1. The molecule has 2 aromatic heterocycles. The zero-order valence-electron chi connectivity index (χ0n) is 20.3. The number of likely N-dealkylation sites (tertiary alicyclic amines) is 1. The molecule has 10 nitrogen and oxygen atoms in total. The predicted octanol–water partition coefficient (Wildman–Crippen LogP) is 2.43. The second kappa shape index (κ2) is 10.1. The third kappa shape index (κ3) is 4.77. The maximum atomic E-state index is 13.8. The Hall–Kier alpha value is -4.28. The summed E-state index contributed by atoms with van der Waals surface area (Å²) in [6.07, 6.45) is 5.44. The van der Waals surface area contributed by atoms with E-state index in [1.165, 1.54) is 23.2 Å². The number of anilines is 2. The molecule has 3 heterocycles. The van der Waals surface area contributed by atoms with E-state index in [1.807, 2.05) is 6.92 Å². The average Bonchev–Trinajstić information content (AvgIpc) is 3.28. The van der Waals surface area contributed by atoms with Crippen molar-refractivity contribution in [1.29, 1.82) is 0 Å². The highest BCUT2D eigenvalue weighted by molar-refractivity contribution is 6.12. The number of carbonyl (C=O) groups is 3. The van der Waals surface area contributed by atoms with Crippen molar-refractivity contribution >= 4 is 29.6 Å². The molecule has 36 heavy (non-hydrogen) atoms. The molecule has 0 unspecified atom stereocenters. The molecule has 188 valence electrons. The first kappa shape index (κ1) is 24.8. The van der Waals surface area contributed by atoms with Gasteiger partial charge in [-0.2, -0.15) is 0 Å². The Morgan fingerprint density at radius 3 is 2.64 bits per heavy atom. The topological polar surface area (TPSA) is 126 Å². The Kier molecular flexibility index (Phi) is 7.00. The van der Waals surface area contributed by atoms with E-state index in [1.54, 1.807) is 55.3 Å². The predicted molar refractivity (Wildman–Crippen MR) is 131 cm³/mol. The number of imide groups is 1. The first-order chi connectivity index (χ1) is 17.2. The fourth-order valence-corrected chi connectivity index (χ4v) is 4.47. The summed E-state index contributed by atoms with van der Waals surface area (Å²) in [5.74, 6) is -1.47. The first-order valence-corrected chi connectivity index (χ1v) is 11.6. The number of carbonyl (C=O) groups excluding carboxylic acids is 3. The van der Waals surface area contributed by atoms with Crippen molar-refractivity contribution in [3.05, 3.63) is 71.9 Å². The van der Waals surface area contributed by atoms with Gasteiger partial charge in [0.15, 0.2) is 0 Å². The van der Waals surface area contributed by atoms with Crippen LogP contribution in [0.15, 0.2) is 55.0 Å². The number of pyridine rings is 1. The van der Waals surface area contributed by atoms with Crippen LogP contribution in [0.25, 0.3) is 0 Å². The summed E-state index contributed by atoms with van der Waals surface area (Å²) in [5, 5.41) is 2.78. The highest BCUT2D eigenvalue weighted by Crippen LogP contribution is 2.33. The van der Waals surface area contributed by atoms with E-state index < -0.39 is 41.7 Å². The lowest BCUT2D eigenvalue weighted by atomic mass is 9.81. The van der Waals surface area contributed by atoms with Gasteiger partial charge in [0.1, 0.15) is 17.7 Å². The standard InChI is InChI=1S/C25H28FN7O3/c1-4-19(16-6-5-7-17(26)14-16)30-25(36)33-21(23(35)32(3)24-29-10-11-31(24)2)18(22(33)34)12-15-8-9-28-20(27)13-15/h5-11,13-14,18-19,21H,4,12H2,1-3H3,(H2,27,28)(H,30,36)/t18-,19-,21+/m1/s1. The number of β-lactam (4-membered cyclic amide) rings is 1. The van der Waals surface area contributed by atoms with E-state index in [0.717, 1.165) is 10.5 Å². The molecular formula is C25H28FN7O3. The van der Waals surface area contributed by atoms with Gasteiger partial charge in [-0.1, -0.05) is 19.1 Å². The molecule has 0 spiro atoms. The number of hydrogen-bond donors (Lipinski definition) is 2. The fourth-order valence-electron chi connectivity index (χ4n) is 4.47. The van der Waals surface area contributed by atoms with Crippen molar-refractivity contribution in [3.8, 4) is 0 Å². The Morgan fingerprint density at radius 2 is 2.00 bits per heavy atom. The summed E-state index contributed by atoms with van der Waals surface area (Å²) >= 11 is 0. The van der Waals surface area contributed by atoms with Crippen molar-refractivity contribution in [3.63, 3.8) is 0 Å². The lowest BCUT2D eigenvalue weighted by molar-refractivity contribution is -0.156. The van der Waals surface area contributed by atoms with E-state index in [9.17, 15) is 18.8 Å². The van der Waals surface area contributed by atoms with Crippen LogP contribution in [0.2, 0.25) is 0 Å². The summed E-state index contributed by atoms with van der Waals surface area (Å²) in [7, 11) is 3.29. The second-order valence-corrected chi connectivity index (χ2v) is 8.75. The lowest BCUT2D eigenvalue weighted by Crippen LogP contribution is -2.70. The molecule has 3 aromatic rings. The fraction of sp³-hybridized carbons (Fsp3) is 0.320. The molecular weight excluding hydrogens is 465 g/mol. The van der Waals surface area contributed by atoms with Crippen molar-refractivity contribution in [2.45, 2.75) is 31.8 Å². The quantitative estimate of drug-likeness (QED) is 0.487. The van der Waals surface area contributed by atoms with Gasteiger partial charge in [-0.25, -0.2) is 19.2 Å². The smallest absolute Gasteiger partial charge is 0.325 e. The van der Waals surface area contributed by atoms with Gasteiger partial charge in [0.2, 0.25) is 11.9 Å². The molecule has 1 saturated heterocycles. The number of nitrogen functional groups attached to an aromatic ring is 1. The summed E-state index contributed by atoms with van der Waals surface area (Å²) in [6, 6.07) is 6.94. The summed E-state index contributed by atoms with van der Waals surface area (Å²) in [4.78, 5) is 50.5. The Morgan fingerprint density at radius 1 is 1.22 bits per heavy atom. The van der Waals surface area contributed by atoms with Gasteiger partial charge in [-0.3, -0.25) is 19.4 Å². The number of aromatic nitrogens is 3. The first-order valence-electron chi connectivity index (χ1n) is 11.6. The third-order valence-corrected chi connectivity index (χ3v) is 6.37. The second-order valence-electron chi connectivity index (χ2n) is 8.75. The van der Waals surface area contributed by atoms with Crippen LogP contribution in [-0.2, 0) is 23.1 Å². The summed E-state index contributed by atoms with van der Waals surface area (Å²) in [6.45, 7) is 1.84. The van der Waals surface area contributed by atoms with Crippen molar-refractivity contribution in [2.75, 3.05) is 17.7 Å². The molecule has 3 atom stereocenters. The van der Waals surface area contributed by atoms with Crippen LogP contribution in [0.3, 0.4) is 0 Å².